The maximum atomic E-state index is 11.1. The molecule has 3 rings (SSSR count). The van der Waals surface area contributed by atoms with Gasteiger partial charge in [-0.3, -0.25) is 9.78 Å². The minimum absolute atomic E-state index is 0.0431. The van der Waals surface area contributed by atoms with Gasteiger partial charge in [0.05, 0.1) is 31.5 Å². The fourth-order valence-corrected chi connectivity index (χ4v) is 4.30. The average molecular weight is 466 g/mol. The van der Waals surface area contributed by atoms with Crippen LogP contribution in [0, 0.1) is 0 Å². The second kappa shape index (κ2) is 13.5. The van der Waals surface area contributed by atoms with Gasteiger partial charge < -0.3 is 14.6 Å². The smallest absolute Gasteiger partial charge is 0.303 e. The minimum Gasteiger partial charge on any atom is -0.497 e. The SMILES string of the molecule is COc1ccc(CCCCOc2ccc(CSCc3ccccc3)nc2CCC(=O)O)cc1. The van der Waals surface area contributed by atoms with Crippen LogP contribution in [0.15, 0.2) is 66.7 Å². The van der Waals surface area contributed by atoms with Crippen molar-refractivity contribution in [1.29, 1.82) is 0 Å². The molecule has 174 valence electrons. The van der Waals surface area contributed by atoms with Gasteiger partial charge in [0.1, 0.15) is 11.5 Å². The van der Waals surface area contributed by atoms with E-state index in [2.05, 4.69) is 24.3 Å². The summed E-state index contributed by atoms with van der Waals surface area (Å²) in [5, 5.41) is 9.11. The molecule has 0 spiro atoms. The van der Waals surface area contributed by atoms with Gasteiger partial charge in [-0.2, -0.15) is 11.8 Å². The number of aryl methyl sites for hydroxylation is 2. The van der Waals surface area contributed by atoms with Crippen LogP contribution in [0.25, 0.3) is 0 Å². The number of hydrogen-bond donors (Lipinski definition) is 1. The third kappa shape index (κ3) is 8.81. The molecule has 1 N–H and O–H groups in total. The summed E-state index contributed by atoms with van der Waals surface area (Å²) >= 11 is 1.80. The molecule has 0 aliphatic carbocycles. The third-order valence-electron chi connectivity index (χ3n) is 5.20. The summed E-state index contributed by atoms with van der Waals surface area (Å²) in [5.41, 5.74) is 4.23. The van der Waals surface area contributed by atoms with Crippen LogP contribution in [-0.2, 0) is 29.1 Å². The van der Waals surface area contributed by atoms with Gasteiger partial charge in [0, 0.05) is 17.9 Å². The van der Waals surface area contributed by atoms with E-state index in [1.165, 1.54) is 11.1 Å². The second-order valence-corrected chi connectivity index (χ2v) is 8.76. The normalized spacial score (nSPS) is 10.7. The van der Waals surface area contributed by atoms with E-state index in [0.29, 0.717) is 18.8 Å². The zero-order valence-electron chi connectivity index (χ0n) is 19.0. The monoisotopic (exact) mass is 465 g/mol. The quantitative estimate of drug-likeness (QED) is 0.297. The second-order valence-electron chi connectivity index (χ2n) is 7.77. The predicted octanol–water partition coefficient (Wildman–Crippen LogP) is 5.94. The molecule has 0 amide bonds. The van der Waals surface area contributed by atoms with Gasteiger partial charge in [0.15, 0.2) is 0 Å². The Labute approximate surface area is 200 Å². The molecule has 5 nitrogen and oxygen atoms in total. The van der Waals surface area contributed by atoms with E-state index in [-0.39, 0.29) is 6.42 Å². The Morgan fingerprint density at radius 2 is 1.70 bits per heavy atom. The highest BCUT2D eigenvalue weighted by Crippen LogP contribution is 2.23. The van der Waals surface area contributed by atoms with Crippen molar-refractivity contribution in [3.05, 3.63) is 89.2 Å². The van der Waals surface area contributed by atoms with Gasteiger partial charge in [0.25, 0.3) is 0 Å². The van der Waals surface area contributed by atoms with E-state index >= 15 is 0 Å². The lowest BCUT2D eigenvalue weighted by atomic mass is 10.1. The van der Waals surface area contributed by atoms with Crippen molar-refractivity contribution < 1.29 is 19.4 Å². The standard InChI is InChI=1S/C27H31NO4S/c1-31-24-13-10-21(11-14-24)7-5-6-18-32-26-16-12-23(28-25(26)15-17-27(29)30)20-33-19-22-8-3-2-4-9-22/h2-4,8-14,16H,5-7,15,17-20H2,1H3,(H,29,30). The number of carboxylic acid groups (broad SMARTS) is 1. The summed E-state index contributed by atoms with van der Waals surface area (Å²) in [6.07, 6.45) is 3.32. The summed E-state index contributed by atoms with van der Waals surface area (Å²) < 4.78 is 11.2. The Bertz CT molecular complexity index is 993. The van der Waals surface area contributed by atoms with Crippen molar-refractivity contribution in [1.82, 2.24) is 4.98 Å². The zero-order valence-corrected chi connectivity index (χ0v) is 19.9. The van der Waals surface area contributed by atoms with Crippen LogP contribution in [-0.4, -0.2) is 29.8 Å². The molecule has 33 heavy (non-hydrogen) atoms. The summed E-state index contributed by atoms with van der Waals surface area (Å²) in [4.78, 5) is 15.8. The minimum atomic E-state index is -0.828. The Kier molecular flexibility index (Phi) is 10.1. The predicted molar refractivity (Wildman–Crippen MR) is 133 cm³/mol. The third-order valence-corrected chi connectivity index (χ3v) is 6.24. The fourth-order valence-electron chi connectivity index (χ4n) is 3.40. The number of carbonyl (C=O) groups is 1. The van der Waals surface area contributed by atoms with Crippen LogP contribution in [0.1, 0.15) is 41.8 Å². The first kappa shape index (κ1) is 24.6. The number of ether oxygens (including phenoxy) is 2. The number of aliphatic carboxylic acids is 1. The van der Waals surface area contributed by atoms with Gasteiger partial charge in [-0.1, -0.05) is 42.5 Å². The summed E-state index contributed by atoms with van der Waals surface area (Å²) in [7, 11) is 1.67. The number of unbranched alkanes of at least 4 members (excludes halogenated alkanes) is 1. The zero-order chi connectivity index (χ0) is 23.3. The molecular weight excluding hydrogens is 434 g/mol. The van der Waals surface area contributed by atoms with Gasteiger partial charge in [-0.05, 0) is 54.7 Å². The molecule has 1 heterocycles. The van der Waals surface area contributed by atoms with Crippen molar-refractivity contribution in [2.75, 3.05) is 13.7 Å². The molecule has 0 atom stereocenters. The Morgan fingerprint density at radius 1 is 0.909 bits per heavy atom. The molecule has 0 fully saturated rings. The molecule has 3 aromatic rings. The lowest BCUT2D eigenvalue weighted by Gasteiger charge is -2.12. The Balaban J connectivity index is 1.49. The van der Waals surface area contributed by atoms with Gasteiger partial charge >= 0.3 is 5.97 Å². The molecule has 0 radical (unpaired) electrons. The number of pyridine rings is 1. The number of nitrogens with zero attached hydrogens (tertiary/aromatic N) is 1. The number of rotatable bonds is 14. The molecular formula is C27H31NO4S. The average Bonchev–Trinajstić information content (AvgIpc) is 2.84. The molecule has 1 aromatic heterocycles. The van der Waals surface area contributed by atoms with Crippen molar-refractivity contribution in [3.63, 3.8) is 0 Å². The highest BCUT2D eigenvalue weighted by molar-refractivity contribution is 7.97. The van der Waals surface area contributed by atoms with Crippen molar-refractivity contribution in [2.45, 2.75) is 43.6 Å². The number of methoxy groups -OCH3 is 1. The molecule has 0 saturated heterocycles. The van der Waals surface area contributed by atoms with Crippen molar-refractivity contribution in [2.24, 2.45) is 0 Å². The first-order valence-corrected chi connectivity index (χ1v) is 12.4. The van der Waals surface area contributed by atoms with Gasteiger partial charge in [0.2, 0.25) is 0 Å². The molecule has 6 heteroatoms. The Morgan fingerprint density at radius 3 is 2.42 bits per heavy atom. The molecule has 2 aromatic carbocycles. The molecule has 0 aliphatic rings. The van der Waals surface area contributed by atoms with Crippen LogP contribution in [0.4, 0.5) is 0 Å². The van der Waals surface area contributed by atoms with E-state index in [1.54, 1.807) is 18.9 Å². The maximum Gasteiger partial charge on any atom is 0.303 e. The van der Waals surface area contributed by atoms with Crippen LogP contribution in [0.2, 0.25) is 0 Å². The number of aromatic nitrogens is 1. The van der Waals surface area contributed by atoms with E-state index in [9.17, 15) is 4.79 Å². The van der Waals surface area contributed by atoms with Crippen molar-refractivity contribution in [3.8, 4) is 11.5 Å². The topological polar surface area (TPSA) is 68.7 Å². The van der Waals surface area contributed by atoms with Gasteiger partial charge in [-0.25, -0.2) is 0 Å². The van der Waals surface area contributed by atoms with E-state index < -0.39 is 5.97 Å². The molecule has 0 unspecified atom stereocenters. The molecule has 0 bridgehead atoms. The molecule has 0 saturated carbocycles. The lowest BCUT2D eigenvalue weighted by Crippen LogP contribution is -2.06. The van der Waals surface area contributed by atoms with Crippen LogP contribution < -0.4 is 9.47 Å². The number of benzene rings is 2. The lowest BCUT2D eigenvalue weighted by molar-refractivity contribution is -0.136. The van der Waals surface area contributed by atoms with Crippen LogP contribution in [0.5, 0.6) is 11.5 Å². The summed E-state index contributed by atoms with van der Waals surface area (Å²) in [5.74, 6) is 2.42. The highest BCUT2D eigenvalue weighted by Gasteiger charge is 2.10. The number of hydrogen-bond acceptors (Lipinski definition) is 5. The number of carboxylic acids is 1. The maximum absolute atomic E-state index is 11.1. The van der Waals surface area contributed by atoms with E-state index in [0.717, 1.165) is 47.9 Å². The molecule has 0 aliphatic heterocycles. The Hall–Kier alpha value is -2.99. The summed E-state index contributed by atoms with van der Waals surface area (Å²) in [6.45, 7) is 0.583. The highest BCUT2D eigenvalue weighted by atomic mass is 32.2. The first-order valence-electron chi connectivity index (χ1n) is 11.2. The first-order chi connectivity index (χ1) is 16.1. The number of thioether (sulfide) groups is 1. The van der Waals surface area contributed by atoms with E-state index in [1.807, 2.05) is 42.5 Å². The van der Waals surface area contributed by atoms with Crippen LogP contribution in [0.3, 0.4) is 0 Å². The summed E-state index contributed by atoms with van der Waals surface area (Å²) in [6, 6.07) is 22.4. The van der Waals surface area contributed by atoms with E-state index in [4.69, 9.17) is 19.6 Å². The largest absolute Gasteiger partial charge is 0.497 e. The van der Waals surface area contributed by atoms with Crippen LogP contribution >= 0.6 is 11.8 Å². The van der Waals surface area contributed by atoms with Crippen molar-refractivity contribution >= 4 is 17.7 Å². The van der Waals surface area contributed by atoms with Gasteiger partial charge in [-0.15, -0.1) is 0 Å². The fraction of sp³-hybridized carbons (Fsp3) is 0.333.